The van der Waals surface area contributed by atoms with Gasteiger partial charge in [-0.1, -0.05) is 25.5 Å². The standard InChI is InChI=1S/C11H18N2/c1-3-4-10-5-7-11(8-6-10)13(2)9-12/h5-8H,3-4,9,12H2,1-2H3. The van der Waals surface area contributed by atoms with Gasteiger partial charge in [-0.25, -0.2) is 0 Å². The fourth-order valence-corrected chi connectivity index (χ4v) is 1.31. The highest BCUT2D eigenvalue weighted by Crippen LogP contribution is 2.13. The highest BCUT2D eigenvalue weighted by Gasteiger charge is 1.97. The third-order valence-electron chi connectivity index (χ3n) is 2.19. The number of rotatable bonds is 4. The lowest BCUT2D eigenvalue weighted by atomic mass is 10.1. The molecule has 1 rings (SSSR count). The molecule has 0 amide bonds. The number of benzene rings is 1. The quantitative estimate of drug-likeness (QED) is 0.714. The minimum atomic E-state index is 0.563. The van der Waals surface area contributed by atoms with Crippen LogP contribution in [0.2, 0.25) is 0 Å². The summed E-state index contributed by atoms with van der Waals surface area (Å²) < 4.78 is 0. The van der Waals surface area contributed by atoms with E-state index in [1.165, 1.54) is 17.7 Å². The molecule has 0 aliphatic rings. The maximum atomic E-state index is 5.53. The van der Waals surface area contributed by atoms with Crippen molar-refractivity contribution in [3.8, 4) is 0 Å². The summed E-state index contributed by atoms with van der Waals surface area (Å²) in [6, 6.07) is 8.59. The molecule has 72 valence electrons. The number of aryl methyl sites for hydroxylation is 1. The molecule has 2 nitrogen and oxygen atoms in total. The van der Waals surface area contributed by atoms with Gasteiger partial charge in [0, 0.05) is 12.7 Å². The second-order valence-corrected chi connectivity index (χ2v) is 3.30. The van der Waals surface area contributed by atoms with E-state index in [1.54, 1.807) is 0 Å². The monoisotopic (exact) mass is 178 g/mol. The van der Waals surface area contributed by atoms with Crippen molar-refractivity contribution >= 4 is 5.69 Å². The smallest absolute Gasteiger partial charge is 0.0653 e. The molecule has 0 unspecified atom stereocenters. The molecule has 0 fully saturated rings. The fourth-order valence-electron chi connectivity index (χ4n) is 1.31. The summed E-state index contributed by atoms with van der Waals surface area (Å²) in [6.45, 7) is 2.76. The predicted molar refractivity (Wildman–Crippen MR) is 57.9 cm³/mol. The lowest BCUT2D eigenvalue weighted by Crippen LogP contribution is -2.24. The molecule has 0 saturated heterocycles. The van der Waals surface area contributed by atoms with Crippen molar-refractivity contribution in [3.05, 3.63) is 29.8 Å². The third kappa shape index (κ3) is 2.74. The minimum absolute atomic E-state index is 0.563. The molecule has 1 aromatic carbocycles. The largest absolute Gasteiger partial charge is 0.362 e. The van der Waals surface area contributed by atoms with Gasteiger partial charge in [0.2, 0.25) is 0 Å². The summed E-state index contributed by atoms with van der Waals surface area (Å²) in [4.78, 5) is 2.02. The molecular formula is C11H18N2. The molecule has 0 bridgehead atoms. The first-order valence-corrected chi connectivity index (χ1v) is 4.78. The Morgan fingerprint density at radius 1 is 1.23 bits per heavy atom. The van der Waals surface area contributed by atoms with E-state index in [0.717, 1.165) is 6.42 Å². The minimum Gasteiger partial charge on any atom is -0.362 e. The van der Waals surface area contributed by atoms with Crippen molar-refractivity contribution < 1.29 is 0 Å². The van der Waals surface area contributed by atoms with E-state index in [1.807, 2.05) is 11.9 Å². The molecule has 0 saturated carbocycles. The zero-order valence-electron chi connectivity index (χ0n) is 8.46. The van der Waals surface area contributed by atoms with Gasteiger partial charge in [-0.2, -0.15) is 0 Å². The van der Waals surface area contributed by atoms with E-state index >= 15 is 0 Å². The van der Waals surface area contributed by atoms with Crippen molar-refractivity contribution in [2.24, 2.45) is 5.73 Å². The number of nitrogens with zero attached hydrogens (tertiary/aromatic N) is 1. The molecule has 0 atom stereocenters. The Kier molecular flexibility index (Phi) is 3.77. The summed E-state index contributed by atoms with van der Waals surface area (Å²) >= 11 is 0. The molecule has 0 heterocycles. The first-order valence-electron chi connectivity index (χ1n) is 4.78. The van der Waals surface area contributed by atoms with Gasteiger partial charge in [0.15, 0.2) is 0 Å². The van der Waals surface area contributed by atoms with Crippen LogP contribution in [0.4, 0.5) is 5.69 Å². The summed E-state index contributed by atoms with van der Waals surface area (Å²) in [5.41, 5.74) is 8.11. The fraction of sp³-hybridized carbons (Fsp3) is 0.455. The van der Waals surface area contributed by atoms with Gasteiger partial charge in [0.1, 0.15) is 0 Å². The van der Waals surface area contributed by atoms with E-state index in [4.69, 9.17) is 5.73 Å². The van der Waals surface area contributed by atoms with Gasteiger partial charge in [-0.3, -0.25) is 0 Å². The Balaban J connectivity index is 2.69. The molecule has 0 aliphatic heterocycles. The lowest BCUT2D eigenvalue weighted by Gasteiger charge is -2.16. The van der Waals surface area contributed by atoms with Crippen molar-refractivity contribution in [1.29, 1.82) is 0 Å². The van der Waals surface area contributed by atoms with Gasteiger partial charge in [-0.15, -0.1) is 0 Å². The van der Waals surface area contributed by atoms with Gasteiger partial charge >= 0.3 is 0 Å². The van der Waals surface area contributed by atoms with E-state index in [0.29, 0.717) is 6.67 Å². The normalized spacial score (nSPS) is 10.1. The van der Waals surface area contributed by atoms with Gasteiger partial charge < -0.3 is 10.6 Å². The SMILES string of the molecule is CCCc1ccc(N(C)CN)cc1. The molecule has 13 heavy (non-hydrogen) atoms. The Morgan fingerprint density at radius 3 is 2.31 bits per heavy atom. The van der Waals surface area contributed by atoms with Crippen LogP contribution < -0.4 is 10.6 Å². The van der Waals surface area contributed by atoms with E-state index in [2.05, 4.69) is 31.2 Å². The van der Waals surface area contributed by atoms with E-state index < -0.39 is 0 Å². The summed E-state index contributed by atoms with van der Waals surface area (Å²) in [5, 5.41) is 0. The van der Waals surface area contributed by atoms with Crippen LogP contribution in [-0.2, 0) is 6.42 Å². The lowest BCUT2D eigenvalue weighted by molar-refractivity contribution is 0.912. The Morgan fingerprint density at radius 2 is 1.85 bits per heavy atom. The molecule has 2 N–H and O–H groups in total. The van der Waals surface area contributed by atoms with Crippen molar-refractivity contribution in [2.75, 3.05) is 18.6 Å². The topological polar surface area (TPSA) is 29.3 Å². The molecular weight excluding hydrogens is 160 g/mol. The second kappa shape index (κ2) is 4.87. The van der Waals surface area contributed by atoms with Crippen LogP contribution >= 0.6 is 0 Å². The molecule has 0 aliphatic carbocycles. The highest BCUT2D eigenvalue weighted by atomic mass is 15.1. The zero-order valence-corrected chi connectivity index (χ0v) is 8.46. The first kappa shape index (κ1) is 10.1. The molecule has 0 aromatic heterocycles. The van der Waals surface area contributed by atoms with Crippen LogP contribution in [0.25, 0.3) is 0 Å². The van der Waals surface area contributed by atoms with Gasteiger partial charge in [0.05, 0.1) is 6.67 Å². The molecule has 0 radical (unpaired) electrons. The zero-order chi connectivity index (χ0) is 9.68. The van der Waals surface area contributed by atoms with Crippen molar-refractivity contribution in [1.82, 2.24) is 0 Å². The number of nitrogens with two attached hydrogens (primary N) is 1. The molecule has 0 spiro atoms. The van der Waals surface area contributed by atoms with Crippen LogP contribution in [0.3, 0.4) is 0 Å². The van der Waals surface area contributed by atoms with Crippen LogP contribution in [0.1, 0.15) is 18.9 Å². The Bertz CT molecular complexity index is 241. The van der Waals surface area contributed by atoms with Crippen LogP contribution in [0.5, 0.6) is 0 Å². The van der Waals surface area contributed by atoms with E-state index in [-0.39, 0.29) is 0 Å². The maximum Gasteiger partial charge on any atom is 0.0653 e. The molecule has 1 aromatic rings. The van der Waals surface area contributed by atoms with Crippen LogP contribution in [-0.4, -0.2) is 13.7 Å². The first-order chi connectivity index (χ1) is 6.27. The Hall–Kier alpha value is -1.02. The number of hydrogen-bond donors (Lipinski definition) is 1. The maximum absolute atomic E-state index is 5.53. The average Bonchev–Trinajstić information content (AvgIpc) is 2.18. The van der Waals surface area contributed by atoms with Gasteiger partial charge in [-0.05, 0) is 24.1 Å². The average molecular weight is 178 g/mol. The highest BCUT2D eigenvalue weighted by molar-refractivity contribution is 5.46. The summed E-state index contributed by atoms with van der Waals surface area (Å²) in [5.74, 6) is 0. The summed E-state index contributed by atoms with van der Waals surface area (Å²) in [6.07, 6.45) is 2.36. The van der Waals surface area contributed by atoms with Crippen LogP contribution in [0, 0.1) is 0 Å². The Labute approximate surface area is 80.4 Å². The van der Waals surface area contributed by atoms with Crippen molar-refractivity contribution in [2.45, 2.75) is 19.8 Å². The number of anilines is 1. The second-order valence-electron chi connectivity index (χ2n) is 3.30. The van der Waals surface area contributed by atoms with E-state index in [9.17, 15) is 0 Å². The van der Waals surface area contributed by atoms with Gasteiger partial charge in [0.25, 0.3) is 0 Å². The third-order valence-corrected chi connectivity index (χ3v) is 2.19. The summed E-state index contributed by atoms with van der Waals surface area (Å²) in [7, 11) is 1.99. The molecule has 2 heteroatoms. The van der Waals surface area contributed by atoms with Crippen LogP contribution in [0.15, 0.2) is 24.3 Å². The number of hydrogen-bond acceptors (Lipinski definition) is 2. The van der Waals surface area contributed by atoms with Crippen molar-refractivity contribution in [3.63, 3.8) is 0 Å². The predicted octanol–water partition coefficient (Wildman–Crippen LogP) is 1.99.